The van der Waals surface area contributed by atoms with E-state index < -0.39 is 18.4 Å². The van der Waals surface area contributed by atoms with Crippen molar-refractivity contribution in [3.8, 4) is 0 Å². The zero-order chi connectivity index (χ0) is 10.7. The largest absolute Gasteiger partial charge is 0.330 e. The minimum atomic E-state index is -2.54. The minimum absolute atomic E-state index is 0.164. The zero-order valence-electron chi connectivity index (χ0n) is 7.83. The van der Waals surface area contributed by atoms with Crippen LogP contribution < -0.4 is 5.73 Å². The van der Waals surface area contributed by atoms with Gasteiger partial charge in [0.2, 0.25) is 5.91 Å². The average molecular weight is 204 g/mol. The lowest BCUT2D eigenvalue weighted by molar-refractivity contribution is -0.134. The number of hydrogen-bond donors (Lipinski definition) is 1. The zero-order valence-corrected chi connectivity index (χ0v) is 7.83. The van der Waals surface area contributed by atoms with Gasteiger partial charge < -0.3 is 10.6 Å². The maximum atomic E-state index is 12.6. The van der Waals surface area contributed by atoms with Gasteiger partial charge in [-0.2, -0.15) is 0 Å². The summed E-state index contributed by atoms with van der Waals surface area (Å²) in [7, 11) is 0. The quantitative estimate of drug-likeness (QED) is 0.675. The molecule has 0 aromatic carbocycles. The number of amides is 1. The van der Waals surface area contributed by atoms with Crippen molar-refractivity contribution in [3.05, 3.63) is 12.7 Å². The Labute approximate surface area is 81.6 Å². The van der Waals surface area contributed by atoms with E-state index in [1.54, 1.807) is 0 Å². The highest BCUT2D eigenvalue weighted by Gasteiger charge is 2.34. The van der Waals surface area contributed by atoms with Crippen LogP contribution in [0, 0.1) is 0 Å². The van der Waals surface area contributed by atoms with E-state index in [4.69, 9.17) is 5.73 Å². The van der Waals surface area contributed by atoms with Gasteiger partial charge in [0.1, 0.15) is 0 Å². The maximum Gasteiger partial charge on any atom is 0.258 e. The average Bonchev–Trinajstić information content (AvgIpc) is 2.16. The SMILES string of the molecule is C=CC(=O)N1CCC(N)C[C@H]1C(F)F. The molecule has 80 valence electrons. The third kappa shape index (κ3) is 2.29. The molecule has 0 saturated carbocycles. The van der Waals surface area contributed by atoms with Crippen LogP contribution in [0.1, 0.15) is 12.8 Å². The van der Waals surface area contributed by atoms with Gasteiger partial charge in [0.05, 0.1) is 6.04 Å². The van der Waals surface area contributed by atoms with E-state index >= 15 is 0 Å². The van der Waals surface area contributed by atoms with Gasteiger partial charge in [-0.1, -0.05) is 6.58 Å². The van der Waals surface area contributed by atoms with Crippen molar-refractivity contribution in [3.63, 3.8) is 0 Å². The second-order valence-corrected chi connectivity index (χ2v) is 3.42. The first-order chi connectivity index (χ1) is 6.56. The maximum absolute atomic E-state index is 12.6. The molecule has 2 N–H and O–H groups in total. The number of carbonyl (C=O) groups is 1. The van der Waals surface area contributed by atoms with Crippen LogP contribution in [0.4, 0.5) is 8.78 Å². The topological polar surface area (TPSA) is 46.3 Å². The summed E-state index contributed by atoms with van der Waals surface area (Å²) in [6.07, 6.45) is -0.739. The van der Waals surface area contributed by atoms with Crippen LogP contribution in [0.15, 0.2) is 12.7 Å². The molecular formula is C9H14F2N2O. The van der Waals surface area contributed by atoms with Crippen molar-refractivity contribution >= 4 is 5.91 Å². The molecule has 14 heavy (non-hydrogen) atoms. The Morgan fingerprint density at radius 2 is 2.29 bits per heavy atom. The van der Waals surface area contributed by atoms with Crippen LogP contribution in [0.3, 0.4) is 0 Å². The van der Waals surface area contributed by atoms with Gasteiger partial charge >= 0.3 is 0 Å². The monoisotopic (exact) mass is 204 g/mol. The number of likely N-dealkylation sites (tertiary alicyclic amines) is 1. The van der Waals surface area contributed by atoms with Gasteiger partial charge in [-0.25, -0.2) is 8.78 Å². The number of nitrogens with two attached hydrogens (primary N) is 1. The van der Waals surface area contributed by atoms with Gasteiger partial charge in [-0.05, 0) is 18.9 Å². The molecule has 1 fully saturated rings. The van der Waals surface area contributed by atoms with Gasteiger partial charge in [0.15, 0.2) is 0 Å². The van der Waals surface area contributed by atoms with Crippen molar-refractivity contribution in [1.29, 1.82) is 0 Å². The fourth-order valence-corrected chi connectivity index (χ4v) is 1.66. The number of rotatable bonds is 2. The molecule has 0 aromatic rings. The Kier molecular flexibility index (Phi) is 3.57. The van der Waals surface area contributed by atoms with Crippen LogP contribution in [0.2, 0.25) is 0 Å². The van der Waals surface area contributed by atoms with E-state index in [1.165, 1.54) is 0 Å². The molecule has 1 unspecified atom stereocenters. The summed E-state index contributed by atoms with van der Waals surface area (Å²) in [5.41, 5.74) is 5.57. The third-order valence-electron chi connectivity index (χ3n) is 2.43. The number of carbonyl (C=O) groups excluding carboxylic acids is 1. The molecule has 1 aliphatic rings. The first-order valence-corrected chi connectivity index (χ1v) is 4.53. The lowest BCUT2D eigenvalue weighted by atomic mass is 9.98. The lowest BCUT2D eigenvalue weighted by Crippen LogP contribution is -2.52. The highest BCUT2D eigenvalue weighted by atomic mass is 19.3. The first kappa shape index (κ1) is 11.1. The van der Waals surface area contributed by atoms with Crippen LogP contribution >= 0.6 is 0 Å². The predicted molar refractivity (Wildman–Crippen MR) is 48.9 cm³/mol. The van der Waals surface area contributed by atoms with E-state index in [-0.39, 0.29) is 12.5 Å². The summed E-state index contributed by atoms with van der Waals surface area (Å²) >= 11 is 0. The summed E-state index contributed by atoms with van der Waals surface area (Å²) in [6.45, 7) is 3.57. The molecule has 1 aliphatic heterocycles. The lowest BCUT2D eigenvalue weighted by Gasteiger charge is -2.37. The summed E-state index contributed by atoms with van der Waals surface area (Å²) in [6, 6.07) is -1.29. The van der Waals surface area contributed by atoms with Crippen LogP contribution in [0.5, 0.6) is 0 Å². The summed E-state index contributed by atoms with van der Waals surface area (Å²) in [5.74, 6) is -0.442. The Balaban J connectivity index is 2.72. The van der Waals surface area contributed by atoms with E-state index in [9.17, 15) is 13.6 Å². The molecule has 0 aromatic heterocycles. The second-order valence-electron chi connectivity index (χ2n) is 3.42. The Morgan fingerprint density at radius 3 is 2.79 bits per heavy atom. The molecular weight excluding hydrogens is 190 g/mol. The van der Waals surface area contributed by atoms with E-state index in [2.05, 4.69) is 6.58 Å². The number of piperidine rings is 1. The second kappa shape index (κ2) is 4.50. The molecule has 0 radical (unpaired) electrons. The molecule has 1 amide bonds. The van der Waals surface area contributed by atoms with Crippen LogP contribution in [0.25, 0.3) is 0 Å². The highest BCUT2D eigenvalue weighted by Crippen LogP contribution is 2.21. The Morgan fingerprint density at radius 1 is 1.64 bits per heavy atom. The summed E-state index contributed by atoms with van der Waals surface area (Å²) < 4.78 is 25.1. The molecule has 0 spiro atoms. The molecule has 1 saturated heterocycles. The van der Waals surface area contributed by atoms with E-state index in [1.807, 2.05) is 0 Å². The molecule has 5 heteroatoms. The van der Waals surface area contributed by atoms with Gasteiger partial charge in [-0.15, -0.1) is 0 Å². The van der Waals surface area contributed by atoms with Crippen molar-refractivity contribution in [2.24, 2.45) is 5.73 Å². The molecule has 0 aliphatic carbocycles. The number of hydrogen-bond acceptors (Lipinski definition) is 2. The minimum Gasteiger partial charge on any atom is -0.330 e. The highest BCUT2D eigenvalue weighted by molar-refractivity contribution is 5.87. The normalized spacial score (nSPS) is 27.9. The third-order valence-corrected chi connectivity index (χ3v) is 2.43. The van der Waals surface area contributed by atoms with Crippen molar-refractivity contribution < 1.29 is 13.6 Å². The molecule has 1 rings (SSSR count). The van der Waals surface area contributed by atoms with E-state index in [0.717, 1.165) is 11.0 Å². The fraction of sp³-hybridized carbons (Fsp3) is 0.667. The van der Waals surface area contributed by atoms with Gasteiger partial charge in [0.25, 0.3) is 6.43 Å². The van der Waals surface area contributed by atoms with Crippen molar-refractivity contribution in [2.45, 2.75) is 31.4 Å². The smallest absolute Gasteiger partial charge is 0.258 e. The van der Waals surface area contributed by atoms with Crippen molar-refractivity contribution in [2.75, 3.05) is 6.54 Å². The molecule has 1 heterocycles. The van der Waals surface area contributed by atoms with Crippen LogP contribution in [-0.2, 0) is 4.79 Å². The first-order valence-electron chi connectivity index (χ1n) is 4.53. The summed E-state index contributed by atoms with van der Waals surface area (Å²) in [5, 5.41) is 0. The van der Waals surface area contributed by atoms with Gasteiger partial charge in [-0.3, -0.25) is 4.79 Å². The van der Waals surface area contributed by atoms with Crippen LogP contribution in [-0.4, -0.2) is 35.9 Å². The number of halogens is 2. The van der Waals surface area contributed by atoms with Crippen molar-refractivity contribution in [1.82, 2.24) is 4.90 Å². The molecule has 0 bridgehead atoms. The van der Waals surface area contributed by atoms with Gasteiger partial charge in [0, 0.05) is 12.6 Å². The molecule has 3 nitrogen and oxygen atoms in total. The summed E-state index contributed by atoms with van der Waals surface area (Å²) in [4.78, 5) is 12.4. The molecule has 2 atom stereocenters. The predicted octanol–water partition coefficient (Wildman–Crippen LogP) is 0.756. The Bertz CT molecular complexity index is 233. The number of alkyl halides is 2. The standard InChI is InChI=1S/C9H14F2N2O/c1-2-8(14)13-4-3-6(12)5-7(13)9(10)11/h2,6-7,9H,1,3-5,12H2/t6?,7-/m0/s1. The van der Waals surface area contributed by atoms with E-state index in [0.29, 0.717) is 13.0 Å². The Hall–Kier alpha value is -0.970. The number of nitrogens with zero attached hydrogens (tertiary/aromatic N) is 1. The fourth-order valence-electron chi connectivity index (χ4n) is 1.66.